The number of hydrogen-bond donors (Lipinski definition) is 1. The zero-order valence-corrected chi connectivity index (χ0v) is 10.1. The number of aryl methyl sites for hydroxylation is 1. The maximum atomic E-state index is 12.1. The number of piperidine rings is 1. The van der Waals surface area contributed by atoms with Crippen LogP contribution in [0, 0.1) is 12.8 Å². The van der Waals surface area contributed by atoms with Crippen LogP contribution in [-0.4, -0.2) is 40.6 Å². The molecule has 94 valence electrons. The first-order chi connectivity index (χ1) is 8.20. The second-order valence-corrected chi connectivity index (χ2v) is 4.47. The van der Waals surface area contributed by atoms with Gasteiger partial charge in [0.25, 0.3) is 11.7 Å². The van der Waals surface area contributed by atoms with Crippen molar-refractivity contribution in [2.75, 3.05) is 19.6 Å². The van der Waals surface area contributed by atoms with Crippen molar-refractivity contribution < 1.29 is 9.32 Å². The van der Waals surface area contributed by atoms with Gasteiger partial charge in [0.15, 0.2) is 0 Å². The quantitative estimate of drug-likeness (QED) is 0.832. The highest BCUT2D eigenvalue weighted by Crippen LogP contribution is 2.20. The summed E-state index contributed by atoms with van der Waals surface area (Å²) in [4.78, 5) is 17.8. The molecule has 0 spiro atoms. The van der Waals surface area contributed by atoms with Gasteiger partial charge in [-0.3, -0.25) is 4.79 Å². The van der Waals surface area contributed by atoms with Gasteiger partial charge in [-0.2, -0.15) is 4.98 Å². The van der Waals surface area contributed by atoms with E-state index in [9.17, 15) is 4.79 Å². The smallest absolute Gasteiger partial charge is 0.295 e. The first kappa shape index (κ1) is 12.0. The minimum Gasteiger partial charge on any atom is -0.339 e. The van der Waals surface area contributed by atoms with Crippen molar-refractivity contribution >= 4 is 5.91 Å². The second-order valence-electron chi connectivity index (χ2n) is 4.47. The van der Waals surface area contributed by atoms with Crippen molar-refractivity contribution in [1.29, 1.82) is 0 Å². The summed E-state index contributed by atoms with van der Waals surface area (Å²) in [6, 6.07) is 0. The molecule has 2 N–H and O–H groups in total. The average Bonchev–Trinajstić information content (AvgIpc) is 2.76. The first-order valence-electron chi connectivity index (χ1n) is 6.00. The lowest BCUT2D eigenvalue weighted by Crippen LogP contribution is -2.40. The van der Waals surface area contributed by atoms with E-state index in [0.717, 1.165) is 32.4 Å². The maximum absolute atomic E-state index is 12.1. The van der Waals surface area contributed by atoms with E-state index in [1.54, 1.807) is 11.8 Å². The molecule has 6 nitrogen and oxygen atoms in total. The van der Waals surface area contributed by atoms with E-state index < -0.39 is 0 Å². The topological polar surface area (TPSA) is 85.2 Å². The molecule has 0 bridgehead atoms. The molecule has 0 aromatic carbocycles. The molecule has 0 aliphatic carbocycles. The van der Waals surface area contributed by atoms with Crippen LogP contribution in [0.4, 0.5) is 0 Å². The van der Waals surface area contributed by atoms with Crippen LogP contribution in [0.15, 0.2) is 4.52 Å². The summed E-state index contributed by atoms with van der Waals surface area (Å²) >= 11 is 0. The van der Waals surface area contributed by atoms with E-state index in [-0.39, 0.29) is 11.7 Å². The third-order valence-electron chi connectivity index (χ3n) is 3.10. The van der Waals surface area contributed by atoms with Crippen LogP contribution in [0.1, 0.15) is 35.8 Å². The number of amides is 1. The molecule has 1 amide bonds. The van der Waals surface area contributed by atoms with E-state index in [1.807, 2.05) is 0 Å². The second kappa shape index (κ2) is 5.27. The molecular formula is C11H18N4O2. The highest BCUT2D eigenvalue weighted by Gasteiger charge is 2.26. The van der Waals surface area contributed by atoms with Gasteiger partial charge in [-0.1, -0.05) is 5.16 Å². The van der Waals surface area contributed by atoms with Crippen LogP contribution < -0.4 is 5.73 Å². The molecule has 0 saturated carbocycles. The van der Waals surface area contributed by atoms with Crippen molar-refractivity contribution in [3.63, 3.8) is 0 Å². The van der Waals surface area contributed by atoms with Crippen LogP contribution in [0.25, 0.3) is 0 Å². The van der Waals surface area contributed by atoms with E-state index >= 15 is 0 Å². The molecule has 1 saturated heterocycles. The fraction of sp³-hybridized carbons (Fsp3) is 0.727. The SMILES string of the molecule is Cc1nc(C(=O)N2CCCC(CCN)C2)no1. The van der Waals surface area contributed by atoms with Crippen LogP contribution in [0.5, 0.6) is 0 Å². The number of likely N-dealkylation sites (tertiary alicyclic amines) is 1. The fourth-order valence-corrected chi connectivity index (χ4v) is 2.25. The van der Waals surface area contributed by atoms with Gasteiger partial charge < -0.3 is 15.2 Å². The van der Waals surface area contributed by atoms with E-state index in [2.05, 4.69) is 10.1 Å². The highest BCUT2D eigenvalue weighted by atomic mass is 16.5. The van der Waals surface area contributed by atoms with Crippen molar-refractivity contribution in [2.45, 2.75) is 26.2 Å². The first-order valence-corrected chi connectivity index (χ1v) is 6.00. The predicted octanol–water partition coefficient (Wildman–Crippen LogP) is 0.579. The Morgan fingerprint density at radius 2 is 2.47 bits per heavy atom. The number of rotatable bonds is 3. The van der Waals surface area contributed by atoms with Gasteiger partial charge in [0.1, 0.15) is 0 Å². The lowest BCUT2D eigenvalue weighted by molar-refractivity contribution is 0.0654. The monoisotopic (exact) mass is 238 g/mol. The lowest BCUT2D eigenvalue weighted by Gasteiger charge is -2.31. The molecule has 2 heterocycles. The third kappa shape index (κ3) is 2.82. The van der Waals surface area contributed by atoms with Crippen LogP contribution >= 0.6 is 0 Å². The summed E-state index contributed by atoms with van der Waals surface area (Å²) in [6.45, 7) is 3.88. The number of carbonyl (C=O) groups is 1. The normalized spacial score (nSPS) is 20.6. The number of nitrogens with two attached hydrogens (primary N) is 1. The summed E-state index contributed by atoms with van der Waals surface area (Å²) in [5, 5.41) is 3.66. The van der Waals surface area contributed by atoms with Crippen molar-refractivity contribution in [2.24, 2.45) is 11.7 Å². The maximum Gasteiger partial charge on any atom is 0.295 e. The van der Waals surface area contributed by atoms with Gasteiger partial charge in [0, 0.05) is 20.0 Å². The number of hydrogen-bond acceptors (Lipinski definition) is 5. The number of aromatic nitrogens is 2. The Morgan fingerprint density at radius 1 is 1.65 bits per heavy atom. The molecule has 6 heteroatoms. The molecule has 1 atom stereocenters. The molecule has 1 fully saturated rings. The van der Waals surface area contributed by atoms with E-state index in [0.29, 0.717) is 18.4 Å². The van der Waals surface area contributed by atoms with Gasteiger partial charge in [-0.05, 0) is 31.7 Å². The van der Waals surface area contributed by atoms with Gasteiger partial charge in [0.2, 0.25) is 5.89 Å². The Morgan fingerprint density at radius 3 is 3.12 bits per heavy atom. The van der Waals surface area contributed by atoms with Crippen molar-refractivity contribution in [1.82, 2.24) is 15.0 Å². The highest BCUT2D eigenvalue weighted by molar-refractivity contribution is 5.90. The van der Waals surface area contributed by atoms with Crippen LogP contribution in [0.3, 0.4) is 0 Å². The molecule has 0 radical (unpaired) electrons. The van der Waals surface area contributed by atoms with Crippen LogP contribution in [0.2, 0.25) is 0 Å². The van der Waals surface area contributed by atoms with Crippen LogP contribution in [-0.2, 0) is 0 Å². The summed E-state index contributed by atoms with van der Waals surface area (Å²) in [7, 11) is 0. The molecule has 17 heavy (non-hydrogen) atoms. The fourth-order valence-electron chi connectivity index (χ4n) is 2.25. The number of nitrogens with zero attached hydrogens (tertiary/aromatic N) is 3. The molecule has 1 unspecified atom stereocenters. The zero-order chi connectivity index (χ0) is 12.3. The van der Waals surface area contributed by atoms with Gasteiger partial charge in [0.05, 0.1) is 0 Å². The van der Waals surface area contributed by atoms with Gasteiger partial charge in [-0.15, -0.1) is 0 Å². The Labute approximate surface area is 100 Å². The Balaban J connectivity index is 1.99. The Kier molecular flexibility index (Phi) is 3.73. The largest absolute Gasteiger partial charge is 0.339 e. The molecule has 1 aliphatic heterocycles. The zero-order valence-electron chi connectivity index (χ0n) is 10.1. The Hall–Kier alpha value is -1.43. The minimum absolute atomic E-state index is 0.136. The molecule has 1 aliphatic rings. The van der Waals surface area contributed by atoms with Gasteiger partial charge in [-0.25, -0.2) is 0 Å². The average molecular weight is 238 g/mol. The summed E-state index contributed by atoms with van der Waals surface area (Å²) in [6.07, 6.45) is 3.13. The summed E-state index contributed by atoms with van der Waals surface area (Å²) in [5.41, 5.74) is 5.55. The summed E-state index contributed by atoms with van der Waals surface area (Å²) in [5.74, 6) is 0.953. The minimum atomic E-state index is -0.136. The van der Waals surface area contributed by atoms with E-state index in [1.165, 1.54) is 0 Å². The van der Waals surface area contributed by atoms with Crippen molar-refractivity contribution in [3.8, 4) is 0 Å². The van der Waals surface area contributed by atoms with E-state index in [4.69, 9.17) is 10.3 Å². The predicted molar refractivity (Wildman–Crippen MR) is 61.3 cm³/mol. The molecule has 2 rings (SSSR count). The van der Waals surface area contributed by atoms with Crippen molar-refractivity contribution in [3.05, 3.63) is 11.7 Å². The summed E-state index contributed by atoms with van der Waals surface area (Å²) < 4.78 is 4.82. The Bertz CT molecular complexity index is 389. The molecular weight excluding hydrogens is 220 g/mol. The standard InChI is InChI=1S/C11H18N4O2/c1-8-13-10(14-17-8)11(16)15-6-2-3-9(7-15)4-5-12/h9H,2-7,12H2,1H3. The lowest BCUT2D eigenvalue weighted by atomic mass is 9.95. The van der Waals surface area contributed by atoms with Gasteiger partial charge >= 0.3 is 0 Å². The number of carbonyl (C=O) groups excluding carboxylic acids is 1. The molecule has 1 aromatic rings. The molecule has 1 aromatic heterocycles. The third-order valence-corrected chi connectivity index (χ3v) is 3.10.